The Balaban J connectivity index is 3.64. The molecule has 0 aromatic rings. The maximum absolute atomic E-state index is 11.5. The molecule has 0 unspecified atom stereocenters. The van der Waals surface area contributed by atoms with Crippen molar-refractivity contribution in [3.63, 3.8) is 0 Å². The maximum Gasteiger partial charge on any atom is 0.221 e. The van der Waals surface area contributed by atoms with E-state index in [0.29, 0.717) is 12.5 Å². The Bertz CT molecular complexity index is 181. The largest absolute Gasteiger partial charge is 0.351 e. The van der Waals surface area contributed by atoms with E-state index in [9.17, 15) is 4.79 Å². The molecular weight excluding hydrogens is 188 g/mol. The minimum Gasteiger partial charge on any atom is -0.351 e. The first-order chi connectivity index (χ1) is 6.89. The zero-order valence-corrected chi connectivity index (χ0v) is 10.8. The van der Waals surface area contributed by atoms with Crippen LogP contribution in [-0.4, -0.2) is 24.0 Å². The molecule has 0 aromatic carbocycles. The monoisotopic (exact) mass is 214 g/mol. The molecule has 0 spiro atoms. The Labute approximate surface area is 94.0 Å². The van der Waals surface area contributed by atoms with Crippen LogP contribution in [0.25, 0.3) is 0 Å². The van der Waals surface area contributed by atoms with Crippen molar-refractivity contribution >= 4 is 5.91 Å². The Hall–Kier alpha value is -0.570. The number of hydrogen-bond acceptors (Lipinski definition) is 2. The highest BCUT2D eigenvalue weighted by atomic mass is 16.1. The van der Waals surface area contributed by atoms with E-state index in [2.05, 4.69) is 24.5 Å². The summed E-state index contributed by atoms with van der Waals surface area (Å²) in [5.41, 5.74) is -0.119. The van der Waals surface area contributed by atoms with Crippen molar-refractivity contribution in [1.29, 1.82) is 0 Å². The summed E-state index contributed by atoms with van der Waals surface area (Å²) in [7, 11) is 0. The maximum atomic E-state index is 11.5. The van der Waals surface area contributed by atoms with Crippen molar-refractivity contribution in [3.8, 4) is 0 Å². The average Bonchev–Trinajstić information content (AvgIpc) is 2.09. The van der Waals surface area contributed by atoms with Gasteiger partial charge in [-0.2, -0.15) is 0 Å². The van der Waals surface area contributed by atoms with E-state index in [1.54, 1.807) is 0 Å². The minimum atomic E-state index is -0.119. The number of amides is 1. The number of carbonyl (C=O) groups is 1. The first kappa shape index (κ1) is 14.4. The quantitative estimate of drug-likeness (QED) is 0.710. The summed E-state index contributed by atoms with van der Waals surface area (Å²) in [6, 6.07) is 0.549. The predicted molar refractivity (Wildman–Crippen MR) is 64.9 cm³/mol. The van der Waals surface area contributed by atoms with Crippen molar-refractivity contribution in [3.05, 3.63) is 0 Å². The van der Waals surface area contributed by atoms with Gasteiger partial charge in [0.25, 0.3) is 0 Å². The fourth-order valence-electron chi connectivity index (χ4n) is 1.45. The van der Waals surface area contributed by atoms with Crippen LogP contribution in [0.3, 0.4) is 0 Å². The molecule has 15 heavy (non-hydrogen) atoms. The van der Waals surface area contributed by atoms with Gasteiger partial charge in [-0.3, -0.25) is 4.79 Å². The second kappa shape index (κ2) is 6.83. The first-order valence-electron chi connectivity index (χ1n) is 5.93. The summed E-state index contributed by atoms with van der Waals surface area (Å²) in [6.07, 6.45) is 2.81. The Morgan fingerprint density at radius 2 is 1.73 bits per heavy atom. The molecule has 0 atom stereocenters. The Morgan fingerprint density at radius 3 is 2.13 bits per heavy atom. The average molecular weight is 214 g/mol. The highest BCUT2D eigenvalue weighted by Gasteiger charge is 2.13. The van der Waals surface area contributed by atoms with Gasteiger partial charge in [0.05, 0.1) is 0 Å². The third-order valence-electron chi connectivity index (χ3n) is 2.29. The summed E-state index contributed by atoms with van der Waals surface area (Å²) >= 11 is 0. The summed E-state index contributed by atoms with van der Waals surface area (Å²) in [6.45, 7) is 11.1. The van der Waals surface area contributed by atoms with E-state index in [0.717, 1.165) is 19.4 Å². The molecule has 0 aliphatic carbocycles. The molecule has 0 aliphatic heterocycles. The van der Waals surface area contributed by atoms with Crippen molar-refractivity contribution in [2.24, 2.45) is 0 Å². The van der Waals surface area contributed by atoms with Crippen LogP contribution in [0.4, 0.5) is 0 Å². The number of hydrogen-bond donors (Lipinski definition) is 2. The normalized spacial score (nSPS) is 11.9. The molecule has 0 saturated carbocycles. The van der Waals surface area contributed by atoms with E-state index in [4.69, 9.17) is 0 Å². The molecule has 0 rings (SSSR count). The topological polar surface area (TPSA) is 41.1 Å². The standard InChI is InChI=1S/C12H26N2O/c1-6-10(7-2)13-9-8-11(15)14-12(3,4)5/h10,13H,6-9H2,1-5H3,(H,14,15). The number of nitrogens with one attached hydrogen (secondary N) is 2. The van der Waals surface area contributed by atoms with Crippen LogP contribution >= 0.6 is 0 Å². The first-order valence-corrected chi connectivity index (χ1v) is 5.93. The van der Waals surface area contributed by atoms with Crippen LogP contribution in [0.5, 0.6) is 0 Å². The molecule has 0 aromatic heterocycles. The third-order valence-corrected chi connectivity index (χ3v) is 2.29. The molecule has 0 bridgehead atoms. The van der Waals surface area contributed by atoms with Gasteiger partial charge in [-0.05, 0) is 33.6 Å². The van der Waals surface area contributed by atoms with E-state index in [1.165, 1.54) is 0 Å². The Kier molecular flexibility index (Phi) is 6.57. The molecule has 0 aliphatic rings. The third kappa shape index (κ3) is 8.43. The second-order valence-electron chi connectivity index (χ2n) is 5.02. The van der Waals surface area contributed by atoms with Crippen molar-refractivity contribution in [2.45, 2.75) is 65.5 Å². The van der Waals surface area contributed by atoms with E-state index >= 15 is 0 Å². The lowest BCUT2D eigenvalue weighted by Gasteiger charge is -2.21. The van der Waals surface area contributed by atoms with Crippen LogP contribution in [0, 0.1) is 0 Å². The summed E-state index contributed by atoms with van der Waals surface area (Å²) in [5, 5.41) is 6.32. The predicted octanol–water partition coefficient (Wildman–Crippen LogP) is 2.07. The highest BCUT2D eigenvalue weighted by molar-refractivity contribution is 5.76. The molecule has 2 N–H and O–H groups in total. The van der Waals surface area contributed by atoms with Crippen molar-refractivity contribution in [2.75, 3.05) is 6.54 Å². The van der Waals surface area contributed by atoms with E-state index in [1.807, 2.05) is 20.8 Å². The van der Waals surface area contributed by atoms with Crippen LogP contribution in [0.1, 0.15) is 53.9 Å². The van der Waals surface area contributed by atoms with Crippen LogP contribution in [0.2, 0.25) is 0 Å². The van der Waals surface area contributed by atoms with Crippen molar-refractivity contribution in [1.82, 2.24) is 10.6 Å². The van der Waals surface area contributed by atoms with Gasteiger partial charge in [0.2, 0.25) is 5.91 Å². The molecule has 90 valence electrons. The lowest BCUT2D eigenvalue weighted by Crippen LogP contribution is -2.42. The van der Waals surface area contributed by atoms with Crippen LogP contribution in [0.15, 0.2) is 0 Å². The summed E-state index contributed by atoms with van der Waals surface area (Å²) in [4.78, 5) is 11.5. The second-order valence-corrected chi connectivity index (χ2v) is 5.02. The Morgan fingerprint density at radius 1 is 1.20 bits per heavy atom. The van der Waals surface area contributed by atoms with Gasteiger partial charge in [0, 0.05) is 24.5 Å². The van der Waals surface area contributed by atoms with Gasteiger partial charge >= 0.3 is 0 Å². The molecule has 0 fully saturated rings. The molecule has 1 amide bonds. The van der Waals surface area contributed by atoms with Gasteiger partial charge in [-0.25, -0.2) is 0 Å². The van der Waals surface area contributed by atoms with Crippen molar-refractivity contribution < 1.29 is 4.79 Å². The smallest absolute Gasteiger partial charge is 0.221 e. The summed E-state index contributed by atoms with van der Waals surface area (Å²) in [5.74, 6) is 0.126. The highest BCUT2D eigenvalue weighted by Crippen LogP contribution is 1.99. The molecule has 0 radical (unpaired) electrons. The van der Waals surface area contributed by atoms with Crippen LogP contribution < -0.4 is 10.6 Å². The van der Waals surface area contributed by atoms with Crippen LogP contribution in [-0.2, 0) is 4.79 Å². The van der Waals surface area contributed by atoms with Gasteiger partial charge in [0.1, 0.15) is 0 Å². The van der Waals surface area contributed by atoms with Gasteiger partial charge in [-0.15, -0.1) is 0 Å². The van der Waals surface area contributed by atoms with E-state index in [-0.39, 0.29) is 11.4 Å². The zero-order chi connectivity index (χ0) is 11.9. The minimum absolute atomic E-state index is 0.119. The fourth-order valence-corrected chi connectivity index (χ4v) is 1.45. The molecule has 0 saturated heterocycles. The van der Waals surface area contributed by atoms with Gasteiger partial charge in [-0.1, -0.05) is 13.8 Å². The molecular formula is C12H26N2O. The van der Waals surface area contributed by atoms with Gasteiger partial charge < -0.3 is 10.6 Å². The lowest BCUT2D eigenvalue weighted by atomic mass is 10.1. The number of rotatable bonds is 6. The SMILES string of the molecule is CCC(CC)NCCC(=O)NC(C)(C)C. The zero-order valence-electron chi connectivity index (χ0n) is 10.8. The molecule has 3 heteroatoms. The fraction of sp³-hybridized carbons (Fsp3) is 0.917. The summed E-state index contributed by atoms with van der Waals surface area (Å²) < 4.78 is 0. The lowest BCUT2D eigenvalue weighted by molar-refractivity contribution is -0.122. The van der Waals surface area contributed by atoms with Gasteiger partial charge in [0.15, 0.2) is 0 Å². The molecule has 3 nitrogen and oxygen atoms in total. The molecule has 0 heterocycles. The number of carbonyl (C=O) groups excluding carboxylic acids is 1. The van der Waals surface area contributed by atoms with E-state index < -0.39 is 0 Å².